The van der Waals surface area contributed by atoms with Crippen molar-refractivity contribution in [3.8, 4) is 0 Å². The van der Waals surface area contributed by atoms with Crippen molar-refractivity contribution in [3.05, 3.63) is 45.8 Å². The fraction of sp³-hybridized carbons (Fsp3) is 0.562. The maximum absolute atomic E-state index is 10.6. The Balaban J connectivity index is 2.60. The lowest BCUT2D eigenvalue weighted by Crippen LogP contribution is -2.01. The van der Waals surface area contributed by atoms with Crippen molar-refractivity contribution in [3.63, 3.8) is 0 Å². The minimum atomic E-state index is -0.874. The second-order valence-corrected chi connectivity index (χ2v) is 5.21. The van der Waals surface area contributed by atoms with Crippen molar-refractivity contribution < 1.29 is 9.90 Å². The number of rotatable bonds is 10. The number of nitrogens with zero attached hydrogens (tertiary/aromatic N) is 3. The Morgan fingerprint density at radius 2 is 2.00 bits per heavy atom. The second kappa shape index (κ2) is 9.83. The van der Waals surface area contributed by atoms with Gasteiger partial charge in [0.15, 0.2) is 0 Å². The van der Waals surface area contributed by atoms with E-state index in [1.807, 2.05) is 24.3 Å². The lowest BCUT2D eigenvalue weighted by molar-refractivity contribution is -0.137. The van der Waals surface area contributed by atoms with Crippen LogP contribution in [0.4, 0.5) is 0 Å². The molecule has 0 saturated carbocycles. The van der Waals surface area contributed by atoms with E-state index in [1.54, 1.807) is 0 Å². The predicted molar refractivity (Wildman–Crippen MR) is 83.0 cm³/mol. The molecule has 0 radical (unpaired) electrons. The third-order valence-corrected chi connectivity index (χ3v) is 3.51. The first kappa shape index (κ1) is 17.1. The number of unbranched alkanes of at least 4 members (excludes halogenated alkanes) is 3. The van der Waals surface area contributed by atoms with E-state index in [1.165, 1.54) is 31.2 Å². The van der Waals surface area contributed by atoms with Crippen LogP contribution in [0.3, 0.4) is 0 Å². The molecule has 1 rings (SSSR count). The van der Waals surface area contributed by atoms with Gasteiger partial charge >= 0.3 is 5.97 Å². The van der Waals surface area contributed by atoms with E-state index in [2.05, 4.69) is 16.9 Å². The molecule has 1 aromatic carbocycles. The number of hydrogen-bond donors (Lipinski definition) is 1. The van der Waals surface area contributed by atoms with Crippen LogP contribution in [0.15, 0.2) is 29.4 Å². The van der Waals surface area contributed by atoms with Gasteiger partial charge in [-0.3, -0.25) is 4.79 Å². The van der Waals surface area contributed by atoms with Crippen molar-refractivity contribution in [2.45, 2.75) is 57.9 Å². The van der Waals surface area contributed by atoms with Gasteiger partial charge in [-0.2, -0.15) is 0 Å². The molecule has 0 saturated heterocycles. The Kier molecular flexibility index (Phi) is 7.99. The Morgan fingerprint density at radius 1 is 1.29 bits per heavy atom. The van der Waals surface area contributed by atoms with Crippen LogP contribution in [0, 0.1) is 0 Å². The van der Waals surface area contributed by atoms with E-state index < -0.39 is 12.0 Å². The molecule has 1 aromatic rings. The van der Waals surface area contributed by atoms with E-state index in [9.17, 15) is 4.79 Å². The fourth-order valence-corrected chi connectivity index (χ4v) is 2.28. The highest BCUT2D eigenvalue weighted by atomic mass is 16.4. The number of aliphatic carboxylic acids is 1. The van der Waals surface area contributed by atoms with Crippen molar-refractivity contribution in [2.75, 3.05) is 0 Å². The highest BCUT2D eigenvalue weighted by Crippen LogP contribution is 2.24. The third kappa shape index (κ3) is 6.82. The van der Waals surface area contributed by atoms with E-state index in [4.69, 9.17) is 10.6 Å². The number of carboxylic acids is 1. The minimum absolute atomic E-state index is 0.00244. The quantitative estimate of drug-likeness (QED) is 0.283. The lowest BCUT2D eigenvalue weighted by Gasteiger charge is -2.11. The highest BCUT2D eigenvalue weighted by molar-refractivity contribution is 5.66. The van der Waals surface area contributed by atoms with Crippen LogP contribution < -0.4 is 0 Å². The van der Waals surface area contributed by atoms with Crippen molar-refractivity contribution in [1.29, 1.82) is 0 Å². The molecule has 0 aliphatic rings. The first-order valence-corrected chi connectivity index (χ1v) is 7.52. The molecule has 0 aromatic heterocycles. The van der Waals surface area contributed by atoms with Crippen molar-refractivity contribution >= 4 is 5.97 Å². The van der Waals surface area contributed by atoms with Gasteiger partial charge in [0.2, 0.25) is 0 Å². The zero-order chi connectivity index (χ0) is 15.5. The third-order valence-electron chi connectivity index (χ3n) is 3.51. The zero-order valence-corrected chi connectivity index (χ0v) is 12.5. The monoisotopic (exact) mass is 289 g/mol. The first-order valence-electron chi connectivity index (χ1n) is 7.52. The molecule has 5 nitrogen and oxygen atoms in total. The van der Waals surface area contributed by atoms with E-state index in [0.29, 0.717) is 6.42 Å². The molecule has 0 amide bonds. The smallest absolute Gasteiger partial charge is 0.303 e. The van der Waals surface area contributed by atoms with Crippen LogP contribution >= 0.6 is 0 Å². The van der Waals surface area contributed by atoms with Crippen LogP contribution in [-0.2, 0) is 11.2 Å². The van der Waals surface area contributed by atoms with Crippen LogP contribution in [0.1, 0.15) is 62.6 Å². The maximum atomic E-state index is 10.6. The van der Waals surface area contributed by atoms with Gasteiger partial charge in [0.25, 0.3) is 0 Å². The Labute approximate surface area is 125 Å². The zero-order valence-electron chi connectivity index (χ0n) is 12.5. The van der Waals surface area contributed by atoms with E-state index >= 15 is 0 Å². The van der Waals surface area contributed by atoms with Crippen LogP contribution in [0.2, 0.25) is 0 Å². The van der Waals surface area contributed by atoms with Gasteiger partial charge in [-0.25, -0.2) is 0 Å². The first-order chi connectivity index (χ1) is 10.2. The number of aryl methyl sites for hydroxylation is 1. The van der Waals surface area contributed by atoms with Crippen LogP contribution in [-0.4, -0.2) is 11.1 Å². The topological polar surface area (TPSA) is 86.1 Å². The molecule has 1 unspecified atom stereocenters. The Bertz CT molecular complexity index is 479. The predicted octanol–water partition coefficient (Wildman–Crippen LogP) is 5.03. The number of hydrogen-bond acceptors (Lipinski definition) is 2. The van der Waals surface area contributed by atoms with Gasteiger partial charge in [-0.15, -0.1) is 0 Å². The molecular formula is C16H23N3O2. The lowest BCUT2D eigenvalue weighted by atomic mass is 9.99. The molecule has 0 aliphatic heterocycles. The average Bonchev–Trinajstić information content (AvgIpc) is 2.48. The summed E-state index contributed by atoms with van der Waals surface area (Å²) in [5.74, 6) is -0.874. The van der Waals surface area contributed by atoms with Gasteiger partial charge in [-0.1, -0.05) is 55.6 Å². The summed E-state index contributed by atoms with van der Waals surface area (Å²) in [5.41, 5.74) is 10.7. The molecule has 5 heteroatoms. The van der Waals surface area contributed by atoms with Gasteiger partial charge in [0.1, 0.15) is 0 Å². The van der Waals surface area contributed by atoms with Gasteiger partial charge in [0, 0.05) is 11.3 Å². The molecule has 1 N–H and O–H groups in total. The molecule has 0 heterocycles. The summed E-state index contributed by atoms with van der Waals surface area (Å²) in [4.78, 5) is 13.4. The number of azide groups is 1. The summed E-state index contributed by atoms with van der Waals surface area (Å²) in [6, 6.07) is 7.57. The van der Waals surface area contributed by atoms with Gasteiger partial charge < -0.3 is 5.11 Å². The van der Waals surface area contributed by atoms with E-state index in [-0.39, 0.29) is 6.42 Å². The Morgan fingerprint density at radius 3 is 2.57 bits per heavy atom. The summed E-state index contributed by atoms with van der Waals surface area (Å²) < 4.78 is 0. The van der Waals surface area contributed by atoms with E-state index in [0.717, 1.165) is 12.0 Å². The Hall–Kier alpha value is -2.00. The summed E-state index contributed by atoms with van der Waals surface area (Å²) in [6.07, 6.45) is 6.33. The number of benzene rings is 1. The summed E-state index contributed by atoms with van der Waals surface area (Å²) in [5, 5.41) is 12.4. The highest BCUT2D eigenvalue weighted by Gasteiger charge is 2.11. The molecule has 0 aliphatic carbocycles. The van der Waals surface area contributed by atoms with Crippen molar-refractivity contribution in [2.24, 2.45) is 5.11 Å². The number of carbonyl (C=O) groups is 1. The molecular weight excluding hydrogens is 266 g/mol. The summed E-state index contributed by atoms with van der Waals surface area (Å²) >= 11 is 0. The SMILES string of the molecule is CCCCCCc1ccc(C(CCC(=O)O)N=[N+]=[N-])cc1. The summed E-state index contributed by atoms with van der Waals surface area (Å²) in [6.45, 7) is 2.20. The average molecular weight is 289 g/mol. The maximum Gasteiger partial charge on any atom is 0.303 e. The molecule has 21 heavy (non-hydrogen) atoms. The molecule has 0 spiro atoms. The van der Waals surface area contributed by atoms with Crippen LogP contribution in [0.5, 0.6) is 0 Å². The fourth-order valence-electron chi connectivity index (χ4n) is 2.28. The van der Waals surface area contributed by atoms with Gasteiger partial charge in [0.05, 0.1) is 6.04 Å². The number of carboxylic acid groups (broad SMARTS) is 1. The largest absolute Gasteiger partial charge is 0.481 e. The molecule has 1 atom stereocenters. The molecule has 0 bridgehead atoms. The van der Waals surface area contributed by atoms with Gasteiger partial charge in [-0.05, 0) is 35.9 Å². The molecule has 0 fully saturated rings. The van der Waals surface area contributed by atoms with Crippen LogP contribution in [0.25, 0.3) is 10.4 Å². The summed E-state index contributed by atoms with van der Waals surface area (Å²) in [7, 11) is 0. The minimum Gasteiger partial charge on any atom is -0.481 e. The second-order valence-electron chi connectivity index (χ2n) is 5.21. The molecule has 114 valence electrons. The standard InChI is InChI=1S/C16H23N3O2/c1-2-3-4-5-6-13-7-9-14(10-8-13)15(18-19-17)11-12-16(20)21/h7-10,15H,2-6,11-12H2,1H3,(H,20,21). The van der Waals surface area contributed by atoms with Crippen molar-refractivity contribution in [1.82, 2.24) is 0 Å². The normalized spacial score (nSPS) is 11.7.